The summed E-state index contributed by atoms with van der Waals surface area (Å²) < 4.78 is 5.24. The van der Waals surface area contributed by atoms with Gasteiger partial charge in [-0.15, -0.1) is 0 Å². The average molecular weight is 502 g/mol. The van der Waals surface area contributed by atoms with Gasteiger partial charge in [-0.2, -0.15) is 0 Å². The second-order valence-electron chi connectivity index (χ2n) is 9.93. The minimum Gasteiger partial charge on any atom is -0.497 e. The Kier molecular flexibility index (Phi) is 8.11. The number of hydrogen-bond acceptors (Lipinski definition) is 4. The molecule has 3 amide bonds. The maximum absolute atomic E-state index is 13.4. The van der Waals surface area contributed by atoms with E-state index in [-0.39, 0.29) is 24.1 Å². The van der Waals surface area contributed by atoms with Crippen molar-refractivity contribution in [3.8, 4) is 5.75 Å². The van der Waals surface area contributed by atoms with Gasteiger partial charge in [-0.05, 0) is 54.5 Å². The largest absolute Gasteiger partial charge is 0.497 e. The number of nitrogens with zero attached hydrogens (tertiary/aromatic N) is 2. The molecule has 1 heterocycles. The van der Waals surface area contributed by atoms with Crippen LogP contribution in [0.3, 0.4) is 0 Å². The average Bonchev–Trinajstić information content (AvgIpc) is 3.18. The van der Waals surface area contributed by atoms with Crippen molar-refractivity contribution < 1.29 is 19.1 Å². The Labute approximate surface area is 218 Å². The normalized spacial score (nSPS) is 13.2. The Bertz CT molecular complexity index is 1280. The van der Waals surface area contributed by atoms with Crippen LogP contribution in [0.15, 0.2) is 60.7 Å². The number of methoxy groups -OCH3 is 1. The number of amides is 3. The van der Waals surface area contributed by atoms with Crippen LogP contribution in [0.5, 0.6) is 5.75 Å². The van der Waals surface area contributed by atoms with Crippen molar-refractivity contribution in [2.75, 3.05) is 25.1 Å². The van der Waals surface area contributed by atoms with Crippen LogP contribution in [0, 0.1) is 5.92 Å². The third kappa shape index (κ3) is 5.77. The molecule has 1 unspecified atom stereocenters. The molecule has 0 bridgehead atoms. The first-order valence-corrected chi connectivity index (χ1v) is 12.8. The second kappa shape index (κ2) is 11.5. The van der Waals surface area contributed by atoms with Crippen LogP contribution in [0.4, 0.5) is 5.69 Å². The van der Waals surface area contributed by atoms with E-state index in [1.165, 1.54) is 0 Å². The minimum absolute atomic E-state index is 0.0317. The number of rotatable bonds is 11. The highest BCUT2D eigenvalue weighted by Gasteiger charge is 2.30. The van der Waals surface area contributed by atoms with Gasteiger partial charge in [0.05, 0.1) is 12.8 Å². The molecule has 0 radical (unpaired) electrons. The number of anilines is 1. The lowest BCUT2D eigenvalue weighted by Crippen LogP contribution is -2.48. The van der Waals surface area contributed by atoms with Gasteiger partial charge in [0, 0.05) is 37.0 Å². The zero-order valence-electron chi connectivity index (χ0n) is 22.0. The summed E-state index contributed by atoms with van der Waals surface area (Å²) in [6, 6.07) is 18.5. The van der Waals surface area contributed by atoms with Crippen molar-refractivity contribution in [1.82, 2.24) is 10.2 Å². The summed E-state index contributed by atoms with van der Waals surface area (Å²) in [4.78, 5) is 42.8. The number of carbonyl (C=O) groups is 3. The predicted octanol–water partition coefficient (Wildman–Crippen LogP) is 4.78. The van der Waals surface area contributed by atoms with E-state index in [4.69, 9.17) is 4.74 Å². The monoisotopic (exact) mass is 501 g/mol. The molecule has 4 rings (SSSR count). The molecule has 0 fully saturated rings. The van der Waals surface area contributed by atoms with E-state index in [9.17, 15) is 14.4 Å². The van der Waals surface area contributed by atoms with E-state index in [1.54, 1.807) is 23.8 Å². The minimum atomic E-state index is -0.625. The molecule has 1 N–H and O–H groups in total. The summed E-state index contributed by atoms with van der Waals surface area (Å²) in [5.41, 5.74) is 2.51. The van der Waals surface area contributed by atoms with Gasteiger partial charge in [0.15, 0.2) is 0 Å². The molecule has 0 aliphatic carbocycles. The van der Waals surface area contributed by atoms with Gasteiger partial charge >= 0.3 is 0 Å². The number of nitrogens with one attached hydrogen (secondary N) is 1. The van der Waals surface area contributed by atoms with E-state index < -0.39 is 6.04 Å². The third-order valence-electron chi connectivity index (χ3n) is 6.79. The lowest BCUT2D eigenvalue weighted by Gasteiger charge is -2.29. The van der Waals surface area contributed by atoms with Crippen LogP contribution in [-0.2, 0) is 16.1 Å². The number of hydrogen-bond donors (Lipinski definition) is 1. The Morgan fingerprint density at radius 2 is 1.70 bits per heavy atom. The maximum atomic E-state index is 13.4. The van der Waals surface area contributed by atoms with Crippen molar-refractivity contribution >= 4 is 34.2 Å². The zero-order chi connectivity index (χ0) is 26.5. The molecule has 7 nitrogen and oxygen atoms in total. The van der Waals surface area contributed by atoms with Crippen LogP contribution in [0.25, 0.3) is 10.8 Å². The zero-order valence-corrected chi connectivity index (χ0v) is 22.0. The van der Waals surface area contributed by atoms with Crippen LogP contribution < -0.4 is 15.0 Å². The Hall–Kier alpha value is -3.87. The van der Waals surface area contributed by atoms with Crippen LogP contribution >= 0.6 is 0 Å². The van der Waals surface area contributed by atoms with Crippen molar-refractivity contribution in [3.63, 3.8) is 0 Å². The molecule has 0 saturated heterocycles. The van der Waals surface area contributed by atoms with Crippen molar-refractivity contribution in [3.05, 3.63) is 71.8 Å². The van der Waals surface area contributed by atoms with E-state index in [0.29, 0.717) is 37.5 Å². The van der Waals surface area contributed by atoms with Crippen molar-refractivity contribution in [2.45, 2.75) is 46.2 Å². The standard InChI is InChI=1S/C30H35N3O4/c1-20(2)18-31-29(35)21(3)33(19-22-13-15-24(37-4)16-14-22)27(34)12-7-17-32-26-11-6-9-23-8-5-10-25(28(23)26)30(32)36/h5-6,8-11,13-16,20-21H,7,12,17-19H2,1-4H3,(H,31,35). The highest BCUT2D eigenvalue weighted by molar-refractivity contribution is 6.25. The smallest absolute Gasteiger partial charge is 0.258 e. The number of carbonyl (C=O) groups excluding carboxylic acids is 3. The van der Waals surface area contributed by atoms with E-state index in [0.717, 1.165) is 27.8 Å². The summed E-state index contributed by atoms with van der Waals surface area (Å²) in [5, 5.41) is 4.95. The summed E-state index contributed by atoms with van der Waals surface area (Å²) in [7, 11) is 1.61. The first kappa shape index (κ1) is 26.2. The highest BCUT2D eigenvalue weighted by atomic mass is 16.5. The van der Waals surface area contributed by atoms with Crippen molar-refractivity contribution in [2.24, 2.45) is 5.92 Å². The molecule has 1 aliphatic rings. The number of benzene rings is 3. The fourth-order valence-electron chi connectivity index (χ4n) is 4.70. The van der Waals surface area contributed by atoms with Gasteiger partial charge < -0.3 is 19.9 Å². The molecule has 0 saturated carbocycles. The molecule has 37 heavy (non-hydrogen) atoms. The molecule has 0 aromatic heterocycles. The first-order chi connectivity index (χ1) is 17.8. The van der Waals surface area contributed by atoms with Gasteiger partial charge in [0.1, 0.15) is 11.8 Å². The van der Waals surface area contributed by atoms with E-state index in [2.05, 4.69) is 5.32 Å². The Morgan fingerprint density at radius 3 is 2.38 bits per heavy atom. The molecule has 3 aromatic carbocycles. The molecule has 3 aromatic rings. The molecule has 7 heteroatoms. The van der Waals surface area contributed by atoms with E-state index >= 15 is 0 Å². The molecule has 1 atom stereocenters. The predicted molar refractivity (Wildman–Crippen MR) is 146 cm³/mol. The fourth-order valence-corrected chi connectivity index (χ4v) is 4.70. The quantitative estimate of drug-likeness (QED) is 0.410. The summed E-state index contributed by atoms with van der Waals surface area (Å²) in [5.74, 6) is 0.720. The summed E-state index contributed by atoms with van der Waals surface area (Å²) in [6.45, 7) is 7.12. The van der Waals surface area contributed by atoms with Crippen LogP contribution in [-0.4, -0.2) is 48.9 Å². The second-order valence-corrected chi connectivity index (χ2v) is 9.93. The molecular weight excluding hydrogens is 466 g/mol. The molecule has 1 aliphatic heterocycles. The van der Waals surface area contributed by atoms with Crippen LogP contribution in [0.1, 0.15) is 49.5 Å². The Morgan fingerprint density at radius 1 is 1.00 bits per heavy atom. The summed E-state index contributed by atoms with van der Waals surface area (Å²) >= 11 is 0. The van der Waals surface area contributed by atoms with Crippen LogP contribution in [0.2, 0.25) is 0 Å². The summed E-state index contributed by atoms with van der Waals surface area (Å²) in [6.07, 6.45) is 0.725. The SMILES string of the molecule is COc1ccc(CN(C(=O)CCCN2C(=O)c3cccc4cccc2c34)C(C)C(=O)NCC(C)C)cc1. The fraction of sp³-hybridized carbons (Fsp3) is 0.367. The van der Waals surface area contributed by atoms with Gasteiger partial charge in [-0.25, -0.2) is 0 Å². The van der Waals surface area contributed by atoms with Gasteiger partial charge in [0.2, 0.25) is 11.8 Å². The lowest BCUT2D eigenvalue weighted by atomic mass is 10.1. The highest BCUT2D eigenvalue weighted by Crippen LogP contribution is 2.37. The van der Waals surface area contributed by atoms with Crippen molar-refractivity contribution in [1.29, 1.82) is 0 Å². The Balaban J connectivity index is 1.45. The first-order valence-electron chi connectivity index (χ1n) is 12.8. The maximum Gasteiger partial charge on any atom is 0.258 e. The number of ether oxygens (including phenoxy) is 1. The topological polar surface area (TPSA) is 79.0 Å². The van der Waals surface area contributed by atoms with Gasteiger partial charge in [-0.1, -0.05) is 50.2 Å². The third-order valence-corrected chi connectivity index (χ3v) is 6.79. The van der Waals surface area contributed by atoms with Gasteiger partial charge in [-0.3, -0.25) is 14.4 Å². The van der Waals surface area contributed by atoms with Gasteiger partial charge in [0.25, 0.3) is 5.91 Å². The lowest BCUT2D eigenvalue weighted by molar-refractivity contribution is -0.140. The molecule has 0 spiro atoms. The van der Waals surface area contributed by atoms with E-state index in [1.807, 2.05) is 74.5 Å². The molecule has 194 valence electrons. The molecular formula is C30H35N3O4.